The van der Waals surface area contributed by atoms with Crippen molar-refractivity contribution in [2.45, 2.75) is 58.8 Å². The van der Waals surface area contributed by atoms with Crippen molar-refractivity contribution in [2.24, 2.45) is 0 Å². The van der Waals surface area contributed by atoms with Gasteiger partial charge in [-0.15, -0.1) is 0 Å². The van der Waals surface area contributed by atoms with Crippen molar-refractivity contribution >= 4 is 0 Å². The first-order valence-electron chi connectivity index (χ1n) is 8.47. The third-order valence-electron chi connectivity index (χ3n) is 4.17. The molecule has 0 heterocycles. The average Bonchev–Trinajstić information content (AvgIpc) is 2.54. The highest BCUT2D eigenvalue weighted by Gasteiger charge is 1.97. The van der Waals surface area contributed by atoms with Gasteiger partial charge in [-0.2, -0.15) is 0 Å². The lowest BCUT2D eigenvalue weighted by atomic mass is 10.0. The van der Waals surface area contributed by atoms with E-state index in [-0.39, 0.29) is 0 Å². The molecule has 0 aliphatic rings. The first-order chi connectivity index (χ1) is 10.3. The smallest absolute Gasteiger partial charge is 0.0279 e. The van der Waals surface area contributed by atoms with Gasteiger partial charge in [0, 0.05) is 0 Å². The van der Waals surface area contributed by atoms with Crippen molar-refractivity contribution < 1.29 is 0 Å². The molecule has 0 aliphatic heterocycles. The molecule has 0 saturated carbocycles. The van der Waals surface area contributed by atoms with Gasteiger partial charge in [0.2, 0.25) is 0 Å². The molecule has 0 saturated heterocycles. The van der Waals surface area contributed by atoms with Gasteiger partial charge in [-0.05, 0) is 60.8 Å². The van der Waals surface area contributed by atoms with Crippen LogP contribution in [0, 0.1) is 0 Å². The van der Waals surface area contributed by atoms with Crippen LogP contribution in [0.3, 0.4) is 0 Å². The lowest BCUT2D eigenvalue weighted by Gasteiger charge is -2.05. The summed E-state index contributed by atoms with van der Waals surface area (Å²) in [4.78, 5) is 0. The third kappa shape index (κ3) is 5.38. The van der Waals surface area contributed by atoms with E-state index in [2.05, 4.69) is 62.4 Å². The molecule has 2 aromatic rings. The number of hydrogen-bond donors (Lipinski definition) is 0. The quantitative estimate of drug-likeness (QED) is 0.539. The fourth-order valence-corrected chi connectivity index (χ4v) is 2.76. The van der Waals surface area contributed by atoms with Gasteiger partial charge < -0.3 is 0 Å². The second-order valence-electron chi connectivity index (χ2n) is 5.94. The zero-order chi connectivity index (χ0) is 14.9. The largest absolute Gasteiger partial charge is 0.0651 e. The summed E-state index contributed by atoms with van der Waals surface area (Å²) < 4.78 is 0. The van der Waals surface area contributed by atoms with Gasteiger partial charge in [0.15, 0.2) is 0 Å². The minimum absolute atomic E-state index is 1.13. The molecule has 21 heavy (non-hydrogen) atoms. The Morgan fingerprint density at radius 1 is 0.524 bits per heavy atom. The van der Waals surface area contributed by atoms with E-state index >= 15 is 0 Å². The lowest BCUT2D eigenvalue weighted by Crippen LogP contribution is -1.91. The summed E-state index contributed by atoms with van der Waals surface area (Å²) in [5, 5.41) is 0. The van der Waals surface area contributed by atoms with Gasteiger partial charge in [0.25, 0.3) is 0 Å². The molecular formula is C21H28. The summed E-state index contributed by atoms with van der Waals surface area (Å²) in [5.41, 5.74) is 5.87. The minimum Gasteiger partial charge on any atom is -0.0651 e. The zero-order valence-corrected chi connectivity index (χ0v) is 13.6. The molecule has 2 rings (SSSR count). The highest BCUT2D eigenvalue weighted by atomic mass is 14.0. The Bertz CT molecular complexity index is 505. The Kier molecular flexibility index (Phi) is 6.53. The summed E-state index contributed by atoms with van der Waals surface area (Å²) in [6, 6.07) is 18.3. The van der Waals surface area contributed by atoms with E-state index in [1.54, 1.807) is 0 Å². The van der Waals surface area contributed by atoms with Crippen LogP contribution in [0.4, 0.5) is 0 Å². The van der Waals surface area contributed by atoms with E-state index in [1.165, 1.54) is 60.8 Å². The molecule has 0 heteroatoms. The van der Waals surface area contributed by atoms with Crippen LogP contribution in [-0.4, -0.2) is 0 Å². The van der Waals surface area contributed by atoms with Crippen LogP contribution in [0.5, 0.6) is 0 Å². The van der Waals surface area contributed by atoms with Crippen LogP contribution in [0.1, 0.15) is 55.4 Å². The second kappa shape index (κ2) is 8.67. The summed E-state index contributed by atoms with van der Waals surface area (Å²) in [5.74, 6) is 0. The van der Waals surface area contributed by atoms with Crippen LogP contribution in [0.2, 0.25) is 0 Å². The third-order valence-corrected chi connectivity index (χ3v) is 4.17. The maximum Gasteiger partial charge on any atom is -0.0279 e. The number of aryl methyl sites for hydroxylation is 4. The highest BCUT2D eigenvalue weighted by molar-refractivity contribution is 5.23. The Morgan fingerprint density at radius 3 is 1.29 bits per heavy atom. The molecule has 0 N–H and O–H groups in total. The van der Waals surface area contributed by atoms with Gasteiger partial charge in [0.1, 0.15) is 0 Å². The van der Waals surface area contributed by atoms with Crippen molar-refractivity contribution in [1.82, 2.24) is 0 Å². The number of benzene rings is 2. The molecule has 0 amide bonds. The van der Waals surface area contributed by atoms with Crippen LogP contribution in [0.15, 0.2) is 48.5 Å². The molecule has 0 bridgehead atoms. The van der Waals surface area contributed by atoms with Crippen LogP contribution >= 0.6 is 0 Å². The van der Waals surface area contributed by atoms with Gasteiger partial charge in [-0.25, -0.2) is 0 Å². The van der Waals surface area contributed by atoms with Crippen molar-refractivity contribution in [3.05, 3.63) is 70.8 Å². The van der Waals surface area contributed by atoms with Crippen LogP contribution in [-0.2, 0) is 25.7 Å². The molecule has 2 aromatic carbocycles. The molecule has 0 spiro atoms. The normalized spacial score (nSPS) is 10.8. The molecule has 0 fully saturated rings. The fourth-order valence-electron chi connectivity index (χ4n) is 2.76. The highest BCUT2D eigenvalue weighted by Crippen LogP contribution is 2.12. The van der Waals surface area contributed by atoms with E-state index in [9.17, 15) is 0 Å². The maximum absolute atomic E-state index is 2.31. The molecular weight excluding hydrogens is 252 g/mol. The van der Waals surface area contributed by atoms with Crippen molar-refractivity contribution in [2.75, 3.05) is 0 Å². The van der Waals surface area contributed by atoms with Crippen molar-refractivity contribution in [1.29, 1.82) is 0 Å². The molecule has 0 aromatic heterocycles. The molecule has 0 nitrogen and oxygen atoms in total. The Hall–Kier alpha value is -1.56. The first kappa shape index (κ1) is 15.8. The minimum atomic E-state index is 1.13. The summed E-state index contributed by atoms with van der Waals surface area (Å²) in [7, 11) is 0. The topological polar surface area (TPSA) is 0 Å². The van der Waals surface area contributed by atoms with E-state index in [0.29, 0.717) is 0 Å². The van der Waals surface area contributed by atoms with Crippen LogP contribution < -0.4 is 0 Å². The average molecular weight is 280 g/mol. The Balaban J connectivity index is 1.71. The summed E-state index contributed by atoms with van der Waals surface area (Å²) in [6.07, 6.45) is 8.54. The maximum atomic E-state index is 2.31. The molecule has 0 atom stereocenters. The van der Waals surface area contributed by atoms with E-state index in [1.807, 2.05) is 0 Å². The summed E-state index contributed by atoms with van der Waals surface area (Å²) in [6.45, 7) is 4.45. The Labute approximate surface area is 130 Å². The lowest BCUT2D eigenvalue weighted by molar-refractivity contribution is 0.734. The molecule has 0 radical (unpaired) electrons. The van der Waals surface area contributed by atoms with E-state index in [0.717, 1.165) is 6.42 Å². The van der Waals surface area contributed by atoms with Crippen molar-refractivity contribution in [3.63, 3.8) is 0 Å². The molecule has 0 aliphatic carbocycles. The fraction of sp³-hybridized carbons (Fsp3) is 0.429. The standard InChI is InChI=1S/C21H28/c1-3-7-19-14-16-21(17-15-19)9-6-5-8-20-12-10-18(4-2)11-13-20/h10-17H,3-9H2,1-2H3. The van der Waals surface area contributed by atoms with E-state index in [4.69, 9.17) is 0 Å². The van der Waals surface area contributed by atoms with Crippen molar-refractivity contribution in [3.8, 4) is 0 Å². The Morgan fingerprint density at radius 2 is 0.905 bits per heavy atom. The zero-order valence-electron chi connectivity index (χ0n) is 13.6. The van der Waals surface area contributed by atoms with E-state index < -0.39 is 0 Å². The monoisotopic (exact) mass is 280 g/mol. The van der Waals surface area contributed by atoms with Crippen LogP contribution in [0.25, 0.3) is 0 Å². The molecule has 112 valence electrons. The molecule has 0 unspecified atom stereocenters. The number of hydrogen-bond acceptors (Lipinski definition) is 0. The summed E-state index contributed by atoms with van der Waals surface area (Å²) >= 11 is 0. The predicted octanol–water partition coefficient (Wildman–Crippen LogP) is 5.77. The second-order valence-corrected chi connectivity index (χ2v) is 5.94. The first-order valence-corrected chi connectivity index (χ1v) is 8.47. The number of rotatable bonds is 8. The SMILES string of the molecule is CCCc1ccc(CCCCc2ccc(CC)cc2)cc1. The predicted molar refractivity (Wildman–Crippen MR) is 92.9 cm³/mol. The van der Waals surface area contributed by atoms with Gasteiger partial charge in [-0.1, -0.05) is 68.8 Å². The van der Waals surface area contributed by atoms with Gasteiger partial charge >= 0.3 is 0 Å². The van der Waals surface area contributed by atoms with Gasteiger partial charge in [0.05, 0.1) is 0 Å². The van der Waals surface area contributed by atoms with Gasteiger partial charge in [-0.3, -0.25) is 0 Å². The number of unbranched alkanes of at least 4 members (excludes halogenated alkanes) is 1.